The van der Waals surface area contributed by atoms with Crippen molar-refractivity contribution in [1.29, 1.82) is 0 Å². The molecule has 3 rings (SSSR count). The van der Waals surface area contributed by atoms with Crippen molar-refractivity contribution in [3.05, 3.63) is 30.1 Å². The average molecular weight is 287 g/mol. The summed E-state index contributed by atoms with van der Waals surface area (Å²) in [6.45, 7) is 1.90. The van der Waals surface area contributed by atoms with Crippen LogP contribution in [0.15, 0.2) is 34.4 Å². The molecule has 0 aliphatic rings. The second kappa shape index (κ2) is 5.06. The molecule has 7 nitrogen and oxygen atoms in total. The quantitative estimate of drug-likeness (QED) is 0.428. The van der Waals surface area contributed by atoms with Gasteiger partial charge in [-0.25, -0.2) is 15.8 Å². The number of hydrogen-bond donors (Lipinski definition) is 2. The van der Waals surface area contributed by atoms with Crippen LogP contribution in [0, 0.1) is 6.92 Å². The van der Waals surface area contributed by atoms with Crippen molar-refractivity contribution in [1.82, 2.24) is 24.7 Å². The second-order valence-electron chi connectivity index (χ2n) is 4.20. The zero-order valence-electron chi connectivity index (χ0n) is 11.0. The molecule has 0 aliphatic heterocycles. The number of hydrazine groups is 1. The molecular formula is C12H13N7S. The lowest BCUT2D eigenvalue weighted by atomic mass is 10.2. The van der Waals surface area contributed by atoms with Gasteiger partial charge in [0.2, 0.25) is 5.95 Å². The summed E-state index contributed by atoms with van der Waals surface area (Å²) in [5, 5.41) is 10.7. The van der Waals surface area contributed by atoms with Crippen LogP contribution >= 0.6 is 11.8 Å². The van der Waals surface area contributed by atoms with Crippen molar-refractivity contribution >= 4 is 28.6 Å². The average Bonchev–Trinajstić information content (AvgIpc) is 2.79. The number of anilines is 1. The first kappa shape index (κ1) is 12.8. The third-order valence-electron chi connectivity index (χ3n) is 2.94. The van der Waals surface area contributed by atoms with Crippen molar-refractivity contribution in [2.24, 2.45) is 12.9 Å². The molecule has 0 spiro atoms. The van der Waals surface area contributed by atoms with E-state index in [1.165, 1.54) is 11.8 Å². The number of rotatable bonds is 3. The summed E-state index contributed by atoms with van der Waals surface area (Å²) in [7, 11) is 1.92. The van der Waals surface area contributed by atoms with Crippen LogP contribution in [-0.2, 0) is 7.05 Å². The minimum Gasteiger partial charge on any atom is -0.309 e. The second-order valence-corrected chi connectivity index (χ2v) is 5.16. The van der Waals surface area contributed by atoms with Crippen LogP contribution in [0.2, 0.25) is 0 Å². The molecule has 0 amide bonds. The van der Waals surface area contributed by atoms with Crippen molar-refractivity contribution in [2.75, 3.05) is 5.43 Å². The molecule has 3 N–H and O–H groups in total. The third-order valence-corrected chi connectivity index (χ3v) is 3.98. The summed E-state index contributed by atoms with van der Waals surface area (Å²) >= 11 is 1.44. The zero-order chi connectivity index (χ0) is 14.1. The fraction of sp³-hybridized carbons (Fsp3) is 0.167. The third kappa shape index (κ3) is 2.19. The Morgan fingerprint density at radius 1 is 1.20 bits per heavy atom. The zero-order valence-corrected chi connectivity index (χ0v) is 11.8. The number of fused-ring (bicyclic) bond motifs is 1. The molecule has 3 aromatic rings. The van der Waals surface area contributed by atoms with Crippen LogP contribution in [0.3, 0.4) is 0 Å². The largest absolute Gasteiger partial charge is 0.309 e. The SMILES string of the molecule is Cc1nnc(Sc2nc(NN)nc3ccccc23)n1C. The summed E-state index contributed by atoms with van der Waals surface area (Å²) in [5.41, 5.74) is 3.32. The maximum atomic E-state index is 5.42. The van der Waals surface area contributed by atoms with Crippen LogP contribution in [0.1, 0.15) is 5.82 Å². The van der Waals surface area contributed by atoms with Gasteiger partial charge in [-0.1, -0.05) is 18.2 Å². The maximum absolute atomic E-state index is 5.42. The van der Waals surface area contributed by atoms with E-state index in [9.17, 15) is 0 Å². The first-order chi connectivity index (χ1) is 9.69. The van der Waals surface area contributed by atoms with Gasteiger partial charge in [0, 0.05) is 12.4 Å². The highest BCUT2D eigenvalue weighted by Gasteiger charge is 2.12. The van der Waals surface area contributed by atoms with Crippen LogP contribution < -0.4 is 11.3 Å². The Balaban J connectivity index is 2.12. The van der Waals surface area contributed by atoms with Crippen LogP contribution in [-0.4, -0.2) is 24.7 Å². The number of nitrogens with one attached hydrogen (secondary N) is 1. The topological polar surface area (TPSA) is 94.5 Å². The molecule has 0 fully saturated rings. The van der Waals surface area contributed by atoms with E-state index in [0.717, 1.165) is 26.9 Å². The highest BCUT2D eigenvalue weighted by atomic mass is 32.2. The Morgan fingerprint density at radius 3 is 2.70 bits per heavy atom. The van der Waals surface area contributed by atoms with E-state index in [2.05, 4.69) is 25.6 Å². The molecule has 0 saturated carbocycles. The van der Waals surface area contributed by atoms with Gasteiger partial charge in [0.05, 0.1) is 5.52 Å². The molecular weight excluding hydrogens is 274 g/mol. The molecule has 20 heavy (non-hydrogen) atoms. The summed E-state index contributed by atoms with van der Waals surface area (Å²) in [6, 6.07) is 7.77. The number of nitrogens with zero attached hydrogens (tertiary/aromatic N) is 5. The molecule has 0 atom stereocenters. The lowest BCUT2D eigenvalue weighted by Crippen LogP contribution is -2.11. The van der Waals surface area contributed by atoms with Gasteiger partial charge in [0.15, 0.2) is 5.16 Å². The molecule has 2 aromatic heterocycles. The minimum absolute atomic E-state index is 0.380. The highest BCUT2D eigenvalue weighted by molar-refractivity contribution is 7.99. The van der Waals surface area contributed by atoms with Crippen LogP contribution in [0.5, 0.6) is 0 Å². The van der Waals surface area contributed by atoms with E-state index >= 15 is 0 Å². The summed E-state index contributed by atoms with van der Waals surface area (Å²) in [5.74, 6) is 6.65. The van der Waals surface area contributed by atoms with Gasteiger partial charge in [-0.3, -0.25) is 5.43 Å². The van der Waals surface area contributed by atoms with Crippen molar-refractivity contribution in [3.8, 4) is 0 Å². The number of aryl methyl sites for hydroxylation is 1. The standard InChI is InChI=1S/C12H13N7S/c1-7-17-18-12(19(7)2)20-10-8-5-3-4-6-9(8)14-11(15-10)16-13/h3-6H,13H2,1-2H3,(H,14,15,16). The lowest BCUT2D eigenvalue weighted by Gasteiger charge is -2.07. The molecule has 2 heterocycles. The van der Waals surface area contributed by atoms with Gasteiger partial charge < -0.3 is 4.57 Å². The van der Waals surface area contributed by atoms with E-state index in [0.29, 0.717) is 5.95 Å². The molecule has 0 unspecified atom stereocenters. The number of benzene rings is 1. The summed E-state index contributed by atoms with van der Waals surface area (Å²) < 4.78 is 1.91. The van der Waals surface area contributed by atoms with Gasteiger partial charge in [0.25, 0.3) is 0 Å². The molecule has 0 bridgehead atoms. The Kier molecular flexibility index (Phi) is 3.25. The van der Waals surface area contributed by atoms with E-state index in [1.54, 1.807) is 0 Å². The first-order valence-corrected chi connectivity index (χ1v) is 6.78. The van der Waals surface area contributed by atoms with Gasteiger partial charge in [-0.2, -0.15) is 0 Å². The summed E-state index contributed by atoms with van der Waals surface area (Å²) in [4.78, 5) is 8.72. The number of para-hydroxylation sites is 1. The Morgan fingerprint density at radius 2 is 2.00 bits per heavy atom. The molecule has 0 saturated heterocycles. The normalized spacial score (nSPS) is 10.9. The van der Waals surface area contributed by atoms with Crippen LogP contribution in [0.4, 0.5) is 5.95 Å². The monoisotopic (exact) mass is 287 g/mol. The molecule has 8 heteroatoms. The predicted octanol–water partition coefficient (Wildman–Crippen LogP) is 1.50. The molecule has 0 aliphatic carbocycles. The summed E-state index contributed by atoms with van der Waals surface area (Å²) in [6.07, 6.45) is 0. The fourth-order valence-corrected chi connectivity index (χ4v) is 2.69. The van der Waals surface area contributed by atoms with E-state index in [-0.39, 0.29) is 0 Å². The van der Waals surface area contributed by atoms with E-state index in [4.69, 9.17) is 5.84 Å². The van der Waals surface area contributed by atoms with E-state index < -0.39 is 0 Å². The predicted molar refractivity (Wildman–Crippen MR) is 77.2 cm³/mol. The van der Waals surface area contributed by atoms with Gasteiger partial charge in [-0.05, 0) is 24.8 Å². The Labute approximate surface area is 119 Å². The van der Waals surface area contributed by atoms with E-state index in [1.807, 2.05) is 42.8 Å². The first-order valence-electron chi connectivity index (χ1n) is 5.96. The van der Waals surface area contributed by atoms with Crippen LogP contribution in [0.25, 0.3) is 10.9 Å². The fourth-order valence-electron chi connectivity index (χ4n) is 1.75. The molecule has 1 aromatic carbocycles. The molecule has 102 valence electrons. The van der Waals surface area contributed by atoms with Crippen molar-refractivity contribution in [3.63, 3.8) is 0 Å². The smallest absolute Gasteiger partial charge is 0.238 e. The number of hydrogen-bond acceptors (Lipinski definition) is 7. The Bertz CT molecular complexity index is 768. The molecule has 0 radical (unpaired) electrons. The minimum atomic E-state index is 0.380. The highest BCUT2D eigenvalue weighted by Crippen LogP contribution is 2.31. The number of aromatic nitrogens is 5. The van der Waals surface area contributed by atoms with Gasteiger partial charge >= 0.3 is 0 Å². The van der Waals surface area contributed by atoms with Crippen molar-refractivity contribution < 1.29 is 0 Å². The van der Waals surface area contributed by atoms with Gasteiger partial charge in [-0.15, -0.1) is 10.2 Å². The maximum Gasteiger partial charge on any atom is 0.238 e. The Hall–Kier alpha value is -2.19. The number of nitrogen functional groups attached to an aromatic ring is 1. The number of nitrogens with two attached hydrogens (primary N) is 1. The lowest BCUT2D eigenvalue weighted by molar-refractivity contribution is 0.765. The van der Waals surface area contributed by atoms with Crippen molar-refractivity contribution in [2.45, 2.75) is 17.1 Å². The van der Waals surface area contributed by atoms with Gasteiger partial charge in [0.1, 0.15) is 10.9 Å².